The lowest BCUT2D eigenvalue weighted by atomic mass is 10.0. The van der Waals surface area contributed by atoms with Gasteiger partial charge in [-0.25, -0.2) is 29.5 Å². The Morgan fingerprint density at radius 2 is 0.464 bits per heavy atom. The third kappa shape index (κ3) is 18.9. The van der Waals surface area contributed by atoms with Crippen molar-refractivity contribution >= 4 is 128 Å². The first-order valence-electron chi connectivity index (χ1n) is 45.7. The summed E-state index contributed by atoms with van der Waals surface area (Å²) in [5.41, 5.74) is 39.3. The SMILES string of the molecule is COc1cc(OC)cc(-c2c3nc(c(-c4ccccc4NC(=O)N4CCNCCNCCN(C(=O)Nc5ccccc5-c5c6nc(c(-c7cc(OC)cc(OC)c7)c7ccc([nH]7)c(-c7ccccc7N)c7nc(c(-c8cc(OC)cc(OC)c8)c8ccc5[nH]8)C=C7)C=C6)CCNCCNCC4)c4ccc([nH]4)c(-c4cc(OC)cc(OC)c4)c4nc(c(-c5ccccc5N)c5ccc2[nH]5)C=C4)C=C3)c1. The number of hydrogen-bond donors (Lipinski definition) is 12. The number of amides is 4. The number of anilines is 4. The largest absolute Gasteiger partial charge is 0.497 e. The molecule has 4 amide bonds. The van der Waals surface area contributed by atoms with Gasteiger partial charge in [-0.05, 0) is 192 Å². The van der Waals surface area contributed by atoms with Crippen molar-refractivity contribution in [1.29, 1.82) is 0 Å². The summed E-state index contributed by atoms with van der Waals surface area (Å²) in [6.45, 7) is 5.73. The van der Waals surface area contributed by atoms with Crippen LogP contribution in [0.15, 0.2) is 218 Å². The van der Waals surface area contributed by atoms with Crippen LogP contribution in [0, 0.1) is 0 Å². The second-order valence-corrected chi connectivity index (χ2v) is 33.5. The number of aromatic nitrogens is 8. The van der Waals surface area contributed by atoms with E-state index in [0.29, 0.717) is 226 Å². The van der Waals surface area contributed by atoms with Crippen LogP contribution in [-0.2, 0) is 0 Å². The molecule has 0 unspecified atom stereocenters. The third-order valence-corrected chi connectivity index (χ3v) is 25.2. The van der Waals surface area contributed by atoms with Crippen molar-refractivity contribution < 1.29 is 47.5 Å². The van der Waals surface area contributed by atoms with E-state index in [1.165, 1.54) is 0 Å². The van der Waals surface area contributed by atoms with Crippen LogP contribution in [0.25, 0.3) is 182 Å². The number of rotatable bonds is 18. The van der Waals surface area contributed by atoms with Gasteiger partial charge < -0.3 is 111 Å². The molecule has 28 nitrogen and oxygen atoms in total. The van der Waals surface area contributed by atoms with Gasteiger partial charge in [0, 0.05) is 225 Å². The summed E-state index contributed by atoms with van der Waals surface area (Å²) in [4.78, 5) is 72.0. The molecule has 696 valence electrons. The molecule has 0 aliphatic carbocycles. The molecule has 14 N–H and O–H groups in total. The summed E-state index contributed by atoms with van der Waals surface area (Å²) in [5, 5.41) is 21.2. The Kier molecular flexibility index (Phi) is 26.7. The van der Waals surface area contributed by atoms with Crippen LogP contribution in [0.1, 0.15) is 45.6 Å². The molecule has 6 aromatic heterocycles. The number of fused-ring (bicyclic) bond motifs is 16. The Morgan fingerprint density at radius 3 is 0.696 bits per heavy atom. The number of nitrogen functional groups attached to an aromatic ring is 2. The molecule has 16 bridgehead atoms. The highest BCUT2D eigenvalue weighted by Crippen LogP contribution is 2.47. The van der Waals surface area contributed by atoms with E-state index in [1.54, 1.807) is 56.9 Å². The molecule has 14 aromatic rings. The Bertz CT molecular complexity index is 6900. The van der Waals surface area contributed by atoms with Crippen molar-refractivity contribution in [2.24, 2.45) is 0 Å². The van der Waals surface area contributed by atoms with E-state index in [1.807, 2.05) is 277 Å². The fourth-order valence-corrected chi connectivity index (χ4v) is 18.4. The molecule has 28 heteroatoms. The van der Waals surface area contributed by atoms with E-state index in [-0.39, 0.29) is 12.1 Å². The number of methoxy groups -OCH3 is 8. The van der Waals surface area contributed by atoms with E-state index in [0.717, 1.165) is 99.9 Å². The maximum absolute atomic E-state index is 15.4. The molecule has 0 spiro atoms. The molecule has 5 aliphatic rings. The zero-order chi connectivity index (χ0) is 94.9. The second kappa shape index (κ2) is 40.6. The number of urea groups is 2. The Morgan fingerprint density at radius 1 is 0.261 bits per heavy atom. The molecule has 5 aliphatic heterocycles. The van der Waals surface area contributed by atoms with Crippen molar-refractivity contribution in [3.63, 3.8) is 0 Å². The van der Waals surface area contributed by atoms with E-state index in [2.05, 4.69) is 51.8 Å². The van der Waals surface area contributed by atoms with Crippen LogP contribution in [0.2, 0.25) is 0 Å². The Hall–Kier alpha value is -16.7. The van der Waals surface area contributed by atoms with Gasteiger partial charge in [0.2, 0.25) is 0 Å². The summed E-state index contributed by atoms with van der Waals surface area (Å²) in [7, 11) is 13.1. The van der Waals surface area contributed by atoms with E-state index < -0.39 is 0 Å². The maximum Gasteiger partial charge on any atom is 0.321 e. The summed E-state index contributed by atoms with van der Waals surface area (Å²) in [5.74, 6) is 4.72. The first kappa shape index (κ1) is 90.5. The molecule has 138 heavy (non-hydrogen) atoms. The summed E-state index contributed by atoms with van der Waals surface area (Å²) >= 11 is 0. The summed E-state index contributed by atoms with van der Waals surface area (Å²) in [6.07, 6.45) is 16.1. The van der Waals surface area contributed by atoms with Gasteiger partial charge in [-0.1, -0.05) is 72.8 Å². The molecule has 1 saturated heterocycles. The number of H-pyrrole nitrogens is 4. The summed E-state index contributed by atoms with van der Waals surface area (Å²) in [6, 6.07) is 70.2. The fourth-order valence-electron chi connectivity index (χ4n) is 18.4. The highest BCUT2D eigenvalue weighted by molar-refractivity contribution is 6.07. The maximum atomic E-state index is 15.4. The molecule has 11 heterocycles. The zero-order valence-corrected chi connectivity index (χ0v) is 77.8. The smallest absolute Gasteiger partial charge is 0.321 e. The predicted octanol–water partition coefficient (Wildman–Crippen LogP) is 19.9. The third-order valence-electron chi connectivity index (χ3n) is 25.2. The van der Waals surface area contributed by atoms with Crippen LogP contribution in [0.5, 0.6) is 46.0 Å². The molecule has 8 aromatic carbocycles. The minimum atomic E-state index is -0.288. The highest BCUT2D eigenvalue weighted by Gasteiger charge is 2.29. The predicted molar refractivity (Wildman–Crippen MR) is 555 cm³/mol. The Balaban J connectivity index is 0.617. The van der Waals surface area contributed by atoms with Crippen LogP contribution in [0.3, 0.4) is 0 Å². The lowest BCUT2D eigenvalue weighted by Gasteiger charge is -2.25. The molecule has 1 fully saturated rings. The highest BCUT2D eigenvalue weighted by atomic mass is 16.5. The standard InChI is InChI=1S/C110H106N18O10/c1-131-69-53-65(54-70(61-69)132-2)101-85-25-33-93(117-85)105(77-17-9-13-21-81(77)111)94-34-26-86(118-94)102(66-55-71(133-3)62-72(56-66)134-4)90-30-38-98(122-90)107(97-37-29-89(101)121-97)79-19-11-15-23-83(79)125-109(129)127-49-45-113-41-43-115-47-51-128(52-48-116-44-42-114-46-50-127)110(130)126-84-24-16-12-20-80(84)108-99-39-31-91(123-99)103(67-57-73(135-5)63-74(58-67)136-6)87-27-35-95(119-87)106(78-18-10-14-22-82(78)112)96-36-28-88(120-96)104(92-32-40-100(108)124-92)68-59-75(137-7)64-76(60-68)138-8/h9-40,53-64,113-117,119,122,124H,41-52,111-112H2,1-8H3,(H,125,129)(H,126,130). The summed E-state index contributed by atoms with van der Waals surface area (Å²) < 4.78 is 47.3. The average Bonchev–Trinajstić information content (AvgIpc) is 1.61. The first-order valence-corrected chi connectivity index (χ1v) is 45.7. The number of ether oxygens (including phenoxy) is 8. The van der Waals surface area contributed by atoms with Crippen LogP contribution in [-0.4, -0.2) is 197 Å². The molecular weight excluding hydrogens is 1730 g/mol. The van der Waals surface area contributed by atoms with Crippen molar-refractivity contribution in [2.75, 3.05) is 158 Å². The molecule has 0 radical (unpaired) electrons. The van der Waals surface area contributed by atoms with E-state index in [4.69, 9.17) is 69.3 Å². The van der Waals surface area contributed by atoms with Crippen molar-refractivity contribution in [3.8, 4) is 135 Å². The average molecular weight is 1840 g/mol. The number of carbonyl (C=O) groups is 2. The van der Waals surface area contributed by atoms with Crippen LogP contribution in [0.4, 0.5) is 32.3 Å². The van der Waals surface area contributed by atoms with Crippen molar-refractivity contribution in [3.05, 3.63) is 264 Å². The van der Waals surface area contributed by atoms with Crippen molar-refractivity contribution in [2.45, 2.75) is 0 Å². The second-order valence-electron chi connectivity index (χ2n) is 33.5. The van der Waals surface area contributed by atoms with Gasteiger partial charge in [-0.2, -0.15) is 0 Å². The van der Waals surface area contributed by atoms with Crippen molar-refractivity contribution in [1.82, 2.24) is 70.9 Å². The quantitative estimate of drug-likeness (QED) is 0.0355. The number of nitrogens with two attached hydrogens (primary N) is 2. The number of hydrogen-bond acceptors (Lipinski definition) is 20. The number of carbonyl (C=O) groups excluding carboxylic acids is 2. The Labute approximate surface area is 797 Å². The van der Waals surface area contributed by atoms with Gasteiger partial charge in [-0.15, -0.1) is 0 Å². The van der Waals surface area contributed by atoms with E-state index >= 15 is 9.59 Å². The van der Waals surface area contributed by atoms with Gasteiger partial charge in [0.1, 0.15) is 46.0 Å². The number of aromatic amines is 4. The normalized spacial score (nSPS) is 13.6. The van der Waals surface area contributed by atoms with Crippen LogP contribution >= 0.6 is 0 Å². The van der Waals surface area contributed by atoms with Gasteiger partial charge in [-0.3, -0.25) is 0 Å². The lowest BCUT2D eigenvalue weighted by molar-refractivity contribution is 0.209. The molecule has 0 atom stereocenters. The van der Waals surface area contributed by atoms with Gasteiger partial charge in [0.25, 0.3) is 0 Å². The topological polar surface area (TPSA) is 353 Å². The fraction of sp³-hybridized carbons (Fsp3) is 0.182. The number of nitrogens with one attached hydrogen (secondary N) is 10. The lowest BCUT2D eigenvalue weighted by Crippen LogP contribution is -2.46. The number of para-hydroxylation sites is 4. The number of nitrogens with zero attached hydrogens (tertiary/aromatic N) is 6. The zero-order valence-electron chi connectivity index (χ0n) is 77.8. The van der Waals surface area contributed by atoms with E-state index in [9.17, 15) is 0 Å². The molecular formula is C110H106N18O10. The van der Waals surface area contributed by atoms with Gasteiger partial charge in [0.05, 0.1) is 114 Å². The number of benzene rings is 8. The first-order chi connectivity index (χ1) is 67.6. The molecule has 19 rings (SSSR count). The van der Waals surface area contributed by atoms with Gasteiger partial charge >= 0.3 is 12.1 Å². The minimum absolute atomic E-state index is 0.288. The monoisotopic (exact) mass is 1840 g/mol. The van der Waals surface area contributed by atoms with Gasteiger partial charge in [0.15, 0.2) is 0 Å². The minimum Gasteiger partial charge on any atom is -0.497 e. The molecule has 0 saturated carbocycles. The van der Waals surface area contributed by atoms with Crippen LogP contribution < -0.4 is 81.3 Å².